The van der Waals surface area contributed by atoms with Crippen molar-refractivity contribution in [3.8, 4) is 0 Å². The highest BCUT2D eigenvalue weighted by molar-refractivity contribution is 5.78. The number of Topliss-reactive ketones (excluding diaryl/α,β-unsaturated/α-hetero) is 1. The van der Waals surface area contributed by atoms with Crippen molar-refractivity contribution in [2.45, 2.75) is 77.7 Å². The topological polar surface area (TPSA) is 37.3 Å². The summed E-state index contributed by atoms with van der Waals surface area (Å²) in [7, 11) is 0. The van der Waals surface area contributed by atoms with Crippen LogP contribution >= 0.6 is 0 Å². The molecule has 1 aliphatic rings. The fourth-order valence-electron chi connectivity index (χ4n) is 1.76. The van der Waals surface area contributed by atoms with Crippen LogP contribution < -0.4 is 0 Å². The summed E-state index contributed by atoms with van der Waals surface area (Å²) in [6.45, 7) is 4.07. The summed E-state index contributed by atoms with van der Waals surface area (Å²) in [5.74, 6) is 0.412. The number of carbonyl (C=O) groups excluding carboxylic acids is 1. The zero-order chi connectivity index (χ0) is 11.5. The lowest BCUT2D eigenvalue weighted by molar-refractivity contribution is -0.119. The SMILES string of the molecule is CCCC(=O)CCC.OC1CCCCC1. The second-order valence-electron chi connectivity index (χ2n) is 4.33. The molecule has 0 aromatic heterocycles. The predicted octanol–water partition coefficient (Wildman–Crippen LogP) is 3.47. The van der Waals surface area contributed by atoms with E-state index in [1.807, 2.05) is 13.8 Å². The summed E-state index contributed by atoms with van der Waals surface area (Å²) in [6.07, 6.45) is 9.47. The average molecular weight is 214 g/mol. The van der Waals surface area contributed by atoms with Gasteiger partial charge in [-0.1, -0.05) is 33.1 Å². The van der Waals surface area contributed by atoms with Crippen LogP contribution in [0.3, 0.4) is 0 Å². The first-order valence-corrected chi connectivity index (χ1v) is 6.40. The zero-order valence-electron chi connectivity index (χ0n) is 10.3. The van der Waals surface area contributed by atoms with Gasteiger partial charge < -0.3 is 5.11 Å². The van der Waals surface area contributed by atoms with Crippen LogP contribution in [0.4, 0.5) is 0 Å². The molecule has 0 aliphatic heterocycles. The Hall–Kier alpha value is -0.370. The van der Waals surface area contributed by atoms with Gasteiger partial charge in [-0.05, 0) is 25.7 Å². The predicted molar refractivity (Wildman–Crippen MR) is 63.9 cm³/mol. The molecule has 0 bridgehead atoms. The molecule has 15 heavy (non-hydrogen) atoms. The second-order valence-corrected chi connectivity index (χ2v) is 4.33. The summed E-state index contributed by atoms with van der Waals surface area (Å²) in [4.78, 5) is 10.6. The Morgan fingerprint density at radius 2 is 1.53 bits per heavy atom. The number of carbonyl (C=O) groups is 1. The molecule has 0 heterocycles. The Labute approximate surface area is 94.1 Å². The molecule has 0 aromatic carbocycles. The van der Waals surface area contributed by atoms with Crippen molar-refractivity contribution in [3.63, 3.8) is 0 Å². The van der Waals surface area contributed by atoms with Crippen molar-refractivity contribution in [2.24, 2.45) is 0 Å². The highest BCUT2D eigenvalue weighted by atomic mass is 16.3. The van der Waals surface area contributed by atoms with Crippen molar-refractivity contribution in [2.75, 3.05) is 0 Å². The minimum Gasteiger partial charge on any atom is -0.393 e. The number of aliphatic hydroxyl groups excluding tert-OH is 1. The lowest BCUT2D eigenvalue weighted by atomic mass is 9.98. The van der Waals surface area contributed by atoms with E-state index in [1.165, 1.54) is 19.3 Å². The van der Waals surface area contributed by atoms with Gasteiger partial charge in [0, 0.05) is 12.8 Å². The third kappa shape index (κ3) is 9.92. The van der Waals surface area contributed by atoms with Crippen molar-refractivity contribution in [1.82, 2.24) is 0 Å². The molecule has 0 spiro atoms. The number of hydrogen-bond donors (Lipinski definition) is 1. The van der Waals surface area contributed by atoms with Gasteiger partial charge in [0.05, 0.1) is 6.10 Å². The Morgan fingerprint density at radius 3 is 1.80 bits per heavy atom. The summed E-state index contributed by atoms with van der Waals surface area (Å²) in [5, 5.41) is 8.91. The zero-order valence-corrected chi connectivity index (χ0v) is 10.3. The van der Waals surface area contributed by atoms with Gasteiger partial charge in [0.25, 0.3) is 0 Å². The summed E-state index contributed by atoms with van der Waals surface area (Å²) < 4.78 is 0. The van der Waals surface area contributed by atoms with Crippen LogP contribution in [0.15, 0.2) is 0 Å². The molecule has 1 rings (SSSR count). The molecule has 90 valence electrons. The summed E-state index contributed by atoms with van der Waals surface area (Å²) in [6, 6.07) is 0. The van der Waals surface area contributed by atoms with Gasteiger partial charge in [0.1, 0.15) is 5.78 Å². The van der Waals surface area contributed by atoms with E-state index in [0.717, 1.165) is 38.5 Å². The first kappa shape index (κ1) is 14.6. The Morgan fingerprint density at radius 1 is 1.07 bits per heavy atom. The Bertz CT molecular complexity index is 141. The molecule has 2 nitrogen and oxygen atoms in total. The van der Waals surface area contributed by atoms with E-state index in [0.29, 0.717) is 5.78 Å². The fourth-order valence-corrected chi connectivity index (χ4v) is 1.76. The third-order valence-corrected chi connectivity index (χ3v) is 2.63. The molecule has 0 unspecified atom stereocenters. The van der Waals surface area contributed by atoms with Crippen LogP contribution in [0, 0.1) is 0 Å². The van der Waals surface area contributed by atoms with Crippen LogP contribution in [-0.4, -0.2) is 17.0 Å². The smallest absolute Gasteiger partial charge is 0.132 e. The van der Waals surface area contributed by atoms with Crippen molar-refractivity contribution < 1.29 is 9.90 Å². The van der Waals surface area contributed by atoms with E-state index >= 15 is 0 Å². The Balaban J connectivity index is 0.000000262. The van der Waals surface area contributed by atoms with E-state index in [2.05, 4.69) is 0 Å². The number of rotatable bonds is 4. The number of aliphatic hydroxyl groups is 1. The van der Waals surface area contributed by atoms with E-state index in [1.54, 1.807) is 0 Å². The van der Waals surface area contributed by atoms with E-state index in [9.17, 15) is 4.79 Å². The van der Waals surface area contributed by atoms with Gasteiger partial charge in [0.2, 0.25) is 0 Å². The maximum absolute atomic E-state index is 10.6. The van der Waals surface area contributed by atoms with E-state index in [4.69, 9.17) is 5.11 Å². The molecule has 2 heteroatoms. The van der Waals surface area contributed by atoms with Crippen LogP contribution in [0.25, 0.3) is 0 Å². The van der Waals surface area contributed by atoms with Crippen LogP contribution in [0.1, 0.15) is 71.6 Å². The summed E-state index contributed by atoms with van der Waals surface area (Å²) in [5.41, 5.74) is 0. The molecule has 1 aliphatic carbocycles. The normalized spacial score (nSPS) is 16.7. The molecule has 0 aromatic rings. The second kappa shape index (κ2) is 10.2. The van der Waals surface area contributed by atoms with Gasteiger partial charge in [-0.2, -0.15) is 0 Å². The van der Waals surface area contributed by atoms with Gasteiger partial charge in [-0.25, -0.2) is 0 Å². The maximum Gasteiger partial charge on any atom is 0.132 e. The maximum atomic E-state index is 10.6. The quantitative estimate of drug-likeness (QED) is 0.778. The van der Waals surface area contributed by atoms with Gasteiger partial charge >= 0.3 is 0 Å². The number of hydrogen-bond acceptors (Lipinski definition) is 2. The van der Waals surface area contributed by atoms with Crippen LogP contribution in [-0.2, 0) is 4.79 Å². The monoisotopic (exact) mass is 214 g/mol. The summed E-state index contributed by atoms with van der Waals surface area (Å²) >= 11 is 0. The number of ketones is 1. The minimum atomic E-state index is 0.0359. The Kier molecular flexibility index (Phi) is 9.91. The third-order valence-electron chi connectivity index (χ3n) is 2.63. The van der Waals surface area contributed by atoms with Crippen molar-refractivity contribution >= 4 is 5.78 Å². The molecular formula is C13H26O2. The molecule has 1 N–H and O–H groups in total. The average Bonchev–Trinajstić information content (AvgIpc) is 2.20. The molecule has 0 amide bonds. The molecule has 0 saturated heterocycles. The largest absolute Gasteiger partial charge is 0.393 e. The molecule has 0 radical (unpaired) electrons. The molecular weight excluding hydrogens is 188 g/mol. The first-order valence-electron chi connectivity index (χ1n) is 6.40. The van der Waals surface area contributed by atoms with E-state index < -0.39 is 0 Å². The van der Waals surface area contributed by atoms with E-state index in [-0.39, 0.29) is 6.10 Å². The molecule has 1 saturated carbocycles. The standard InChI is InChI=1S/C7H14O.C6H12O/c1-3-5-7(8)6-4-2;7-6-4-2-1-3-5-6/h3-6H2,1-2H3;6-7H,1-5H2. The molecule has 0 atom stereocenters. The minimum absolute atomic E-state index is 0.0359. The van der Waals surface area contributed by atoms with Crippen LogP contribution in [0.5, 0.6) is 0 Å². The van der Waals surface area contributed by atoms with Gasteiger partial charge in [-0.3, -0.25) is 4.79 Å². The highest BCUT2D eigenvalue weighted by Crippen LogP contribution is 2.16. The highest BCUT2D eigenvalue weighted by Gasteiger charge is 2.07. The lowest BCUT2D eigenvalue weighted by Gasteiger charge is -2.14. The van der Waals surface area contributed by atoms with Gasteiger partial charge in [0.15, 0.2) is 0 Å². The van der Waals surface area contributed by atoms with Crippen molar-refractivity contribution in [3.05, 3.63) is 0 Å². The van der Waals surface area contributed by atoms with Crippen molar-refractivity contribution in [1.29, 1.82) is 0 Å². The lowest BCUT2D eigenvalue weighted by Crippen LogP contribution is -2.09. The van der Waals surface area contributed by atoms with Gasteiger partial charge in [-0.15, -0.1) is 0 Å². The van der Waals surface area contributed by atoms with Crippen LogP contribution in [0.2, 0.25) is 0 Å². The fraction of sp³-hybridized carbons (Fsp3) is 0.923. The first-order chi connectivity index (χ1) is 7.20. The molecule has 1 fully saturated rings.